The Kier molecular flexibility index (Phi) is 7.74. The van der Waals surface area contributed by atoms with Crippen molar-refractivity contribution in [3.05, 3.63) is 0 Å². The number of carboxylic acids is 1. The van der Waals surface area contributed by atoms with Crippen molar-refractivity contribution in [2.45, 2.75) is 42.6 Å². The van der Waals surface area contributed by atoms with Crippen molar-refractivity contribution in [2.24, 2.45) is 0 Å². The van der Waals surface area contributed by atoms with Gasteiger partial charge >= 0.3 is 18.0 Å². The van der Waals surface area contributed by atoms with Crippen molar-refractivity contribution < 1.29 is 29.0 Å². The molecule has 0 aliphatic rings. The maximum Gasteiger partial charge on any atom is 0.410 e. The lowest BCUT2D eigenvalue weighted by molar-refractivity contribution is -0.152. The molecule has 0 aromatic rings. The Morgan fingerprint density at radius 3 is 2.05 bits per heavy atom. The zero-order valence-electron chi connectivity index (χ0n) is 12.6. The highest BCUT2D eigenvalue weighted by molar-refractivity contribution is 6.67. The largest absolute Gasteiger partial charge is 0.480 e. The molecular formula is C12H18Cl3NO6. The second-order valence-corrected chi connectivity index (χ2v) is 7.94. The van der Waals surface area contributed by atoms with E-state index in [1.165, 1.54) is 7.05 Å². The molecule has 7 nitrogen and oxygen atoms in total. The predicted molar refractivity (Wildman–Crippen MR) is 81.3 cm³/mol. The van der Waals surface area contributed by atoms with Crippen molar-refractivity contribution in [1.29, 1.82) is 0 Å². The fraction of sp³-hybridized carbons (Fsp3) is 0.750. The van der Waals surface area contributed by atoms with Crippen LogP contribution in [0, 0.1) is 0 Å². The maximum absolute atomic E-state index is 11.8. The summed E-state index contributed by atoms with van der Waals surface area (Å²) < 4.78 is 7.88. The van der Waals surface area contributed by atoms with Crippen LogP contribution >= 0.6 is 34.8 Å². The second kappa shape index (κ2) is 8.08. The van der Waals surface area contributed by atoms with E-state index in [1.54, 1.807) is 20.8 Å². The molecule has 0 fully saturated rings. The first-order chi connectivity index (χ1) is 9.73. The SMILES string of the molecule is CN(C(=O)OC(C)(C)C)C(CC(=O)OCC(Cl)(Cl)Cl)C(=O)O. The Hall–Kier alpha value is -0.920. The molecule has 0 bridgehead atoms. The van der Waals surface area contributed by atoms with Crippen molar-refractivity contribution in [3.8, 4) is 0 Å². The van der Waals surface area contributed by atoms with Crippen LogP contribution in [0.2, 0.25) is 0 Å². The van der Waals surface area contributed by atoms with E-state index in [1.807, 2.05) is 0 Å². The van der Waals surface area contributed by atoms with Gasteiger partial charge in [0.2, 0.25) is 3.79 Å². The minimum absolute atomic E-state index is 0.529. The van der Waals surface area contributed by atoms with Gasteiger partial charge in [-0.15, -0.1) is 0 Å². The van der Waals surface area contributed by atoms with E-state index >= 15 is 0 Å². The number of halogens is 3. The minimum Gasteiger partial charge on any atom is -0.480 e. The molecule has 0 spiro atoms. The van der Waals surface area contributed by atoms with Crippen LogP contribution in [0.1, 0.15) is 27.2 Å². The van der Waals surface area contributed by atoms with Gasteiger partial charge in [-0.25, -0.2) is 9.59 Å². The molecule has 10 heteroatoms. The van der Waals surface area contributed by atoms with Crippen LogP contribution in [0.25, 0.3) is 0 Å². The number of carbonyl (C=O) groups is 3. The van der Waals surface area contributed by atoms with Gasteiger partial charge in [-0.2, -0.15) is 0 Å². The molecule has 0 aliphatic heterocycles. The monoisotopic (exact) mass is 377 g/mol. The average Bonchev–Trinajstić information content (AvgIpc) is 2.29. The third-order valence-corrected chi connectivity index (χ3v) is 2.52. The van der Waals surface area contributed by atoms with Crippen molar-refractivity contribution in [3.63, 3.8) is 0 Å². The van der Waals surface area contributed by atoms with Crippen LogP contribution in [0.15, 0.2) is 0 Å². The third-order valence-electron chi connectivity index (χ3n) is 2.19. The topological polar surface area (TPSA) is 93.1 Å². The van der Waals surface area contributed by atoms with Crippen LogP contribution < -0.4 is 0 Å². The van der Waals surface area contributed by atoms with E-state index in [4.69, 9.17) is 44.6 Å². The molecule has 1 unspecified atom stereocenters. The highest BCUT2D eigenvalue weighted by atomic mass is 35.6. The van der Waals surface area contributed by atoms with Crippen molar-refractivity contribution >= 4 is 52.8 Å². The third kappa shape index (κ3) is 9.17. The summed E-state index contributed by atoms with van der Waals surface area (Å²) in [6.45, 7) is 4.36. The quantitative estimate of drug-likeness (QED) is 0.584. The van der Waals surface area contributed by atoms with Gasteiger partial charge in [0.25, 0.3) is 0 Å². The fourth-order valence-electron chi connectivity index (χ4n) is 1.23. The fourth-order valence-corrected chi connectivity index (χ4v) is 1.39. The summed E-state index contributed by atoms with van der Waals surface area (Å²) >= 11 is 16.2. The number of carbonyl (C=O) groups excluding carboxylic acids is 2. The molecule has 0 aromatic carbocycles. The number of esters is 1. The molecule has 1 amide bonds. The van der Waals surface area contributed by atoms with Gasteiger partial charge in [0.15, 0.2) is 0 Å². The van der Waals surface area contributed by atoms with Gasteiger partial charge < -0.3 is 14.6 Å². The highest BCUT2D eigenvalue weighted by Crippen LogP contribution is 2.26. The number of nitrogens with zero attached hydrogens (tertiary/aromatic N) is 1. The van der Waals surface area contributed by atoms with Gasteiger partial charge in [0.1, 0.15) is 18.2 Å². The van der Waals surface area contributed by atoms with Crippen LogP contribution in [0.3, 0.4) is 0 Å². The zero-order valence-corrected chi connectivity index (χ0v) is 14.8. The number of rotatable bonds is 5. The van der Waals surface area contributed by atoms with E-state index in [0.717, 1.165) is 4.90 Å². The van der Waals surface area contributed by atoms with E-state index in [0.29, 0.717) is 0 Å². The zero-order chi connectivity index (χ0) is 17.7. The Morgan fingerprint density at radius 2 is 1.68 bits per heavy atom. The van der Waals surface area contributed by atoms with Gasteiger partial charge in [-0.1, -0.05) is 34.8 Å². The number of alkyl halides is 3. The van der Waals surface area contributed by atoms with Gasteiger partial charge in [-0.05, 0) is 20.8 Å². The minimum atomic E-state index is -1.80. The van der Waals surface area contributed by atoms with E-state index in [9.17, 15) is 14.4 Å². The van der Waals surface area contributed by atoms with Crippen molar-refractivity contribution in [1.82, 2.24) is 4.90 Å². The van der Waals surface area contributed by atoms with Crippen LogP contribution in [-0.4, -0.2) is 57.1 Å². The van der Waals surface area contributed by atoms with Gasteiger partial charge in [0.05, 0.1) is 6.42 Å². The normalized spacial score (nSPS) is 13.2. The van der Waals surface area contributed by atoms with Crippen LogP contribution in [0.5, 0.6) is 0 Å². The van der Waals surface area contributed by atoms with Gasteiger partial charge in [-0.3, -0.25) is 9.69 Å². The molecule has 1 N–H and O–H groups in total. The lowest BCUT2D eigenvalue weighted by atomic mass is 10.2. The Labute approximate surface area is 143 Å². The Bertz CT molecular complexity index is 430. The predicted octanol–water partition coefficient (Wildman–Crippen LogP) is 2.61. The molecule has 0 saturated heterocycles. The number of hydrogen-bond acceptors (Lipinski definition) is 5. The molecule has 0 rings (SSSR count). The highest BCUT2D eigenvalue weighted by Gasteiger charge is 2.33. The number of hydrogen-bond donors (Lipinski definition) is 1. The molecule has 22 heavy (non-hydrogen) atoms. The molecule has 1 atom stereocenters. The number of aliphatic carboxylic acids is 1. The van der Waals surface area contributed by atoms with Gasteiger partial charge in [0, 0.05) is 7.05 Å². The summed E-state index contributed by atoms with van der Waals surface area (Å²) in [6, 6.07) is -1.46. The van der Waals surface area contributed by atoms with Crippen molar-refractivity contribution in [2.75, 3.05) is 13.7 Å². The summed E-state index contributed by atoms with van der Waals surface area (Å²) in [5.41, 5.74) is -0.801. The molecule has 128 valence electrons. The number of ether oxygens (including phenoxy) is 2. The first-order valence-corrected chi connectivity index (χ1v) is 7.27. The molecular weight excluding hydrogens is 360 g/mol. The van der Waals surface area contributed by atoms with Crippen LogP contribution in [-0.2, 0) is 19.1 Å². The summed E-state index contributed by atoms with van der Waals surface area (Å²) in [4.78, 5) is 35.4. The molecule has 0 heterocycles. The summed E-state index contributed by atoms with van der Waals surface area (Å²) in [6.07, 6.45) is -1.49. The first-order valence-electron chi connectivity index (χ1n) is 6.14. The number of likely N-dealkylation sites (N-methyl/N-ethyl adjacent to an activating group) is 1. The summed E-state index contributed by atoms with van der Waals surface area (Å²) in [5.74, 6) is -2.31. The lowest BCUT2D eigenvalue weighted by Crippen LogP contribution is -2.46. The maximum atomic E-state index is 11.8. The summed E-state index contributed by atoms with van der Waals surface area (Å²) in [7, 11) is 1.20. The van der Waals surface area contributed by atoms with E-state index < -0.39 is 46.5 Å². The smallest absolute Gasteiger partial charge is 0.410 e. The first kappa shape index (κ1) is 21.1. The number of amides is 1. The lowest BCUT2D eigenvalue weighted by Gasteiger charge is -2.28. The van der Waals surface area contributed by atoms with E-state index in [2.05, 4.69) is 4.74 Å². The molecule has 0 aliphatic carbocycles. The van der Waals surface area contributed by atoms with E-state index in [-0.39, 0.29) is 0 Å². The second-order valence-electron chi connectivity index (χ2n) is 5.43. The Morgan fingerprint density at radius 1 is 1.18 bits per heavy atom. The molecule has 0 saturated carbocycles. The van der Waals surface area contributed by atoms with Crippen LogP contribution in [0.4, 0.5) is 4.79 Å². The molecule has 0 radical (unpaired) electrons. The average molecular weight is 379 g/mol. The molecule has 0 aromatic heterocycles. The Balaban J connectivity index is 4.76. The summed E-state index contributed by atoms with van der Waals surface area (Å²) in [5, 5.41) is 9.13. The number of carboxylic acid groups (broad SMARTS) is 1. The standard InChI is InChI=1S/C12H18Cl3NO6/c1-11(2,3)22-10(20)16(4)7(9(18)19)5-8(17)21-6-12(13,14)15/h7H,5-6H2,1-4H3,(H,18,19).